The lowest BCUT2D eigenvalue weighted by molar-refractivity contribution is -0.156. The summed E-state index contributed by atoms with van der Waals surface area (Å²) >= 11 is 0. The fourth-order valence-electron chi connectivity index (χ4n) is 1.30. The molecule has 0 aliphatic carbocycles. The molecule has 0 aromatic rings. The van der Waals surface area contributed by atoms with E-state index in [1.807, 2.05) is 0 Å². The zero-order valence-electron chi connectivity index (χ0n) is 5.20. The molecule has 4 heteroatoms. The summed E-state index contributed by atoms with van der Waals surface area (Å²) in [7, 11) is 0. The van der Waals surface area contributed by atoms with Crippen molar-refractivity contribution in [1.82, 2.24) is 0 Å². The van der Waals surface area contributed by atoms with Crippen molar-refractivity contribution in [2.75, 3.05) is 6.61 Å². The summed E-state index contributed by atoms with van der Waals surface area (Å²) in [5.74, 6) is -1.26. The molecule has 2 fully saturated rings. The van der Waals surface area contributed by atoms with Gasteiger partial charge in [0, 0.05) is 6.61 Å². The van der Waals surface area contributed by atoms with E-state index >= 15 is 0 Å². The van der Waals surface area contributed by atoms with Crippen molar-refractivity contribution < 1.29 is 19.1 Å². The maximum Gasteiger partial charge on any atom is 0.343 e. The second kappa shape index (κ2) is 1.79. The van der Waals surface area contributed by atoms with Crippen LogP contribution in [-0.4, -0.2) is 24.6 Å². The van der Waals surface area contributed by atoms with E-state index in [1.54, 1.807) is 0 Å². The average Bonchev–Trinajstić information content (AvgIpc) is 2.39. The fourth-order valence-corrected chi connectivity index (χ4v) is 1.30. The third-order valence-electron chi connectivity index (χ3n) is 1.83. The van der Waals surface area contributed by atoms with Crippen LogP contribution >= 0.6 is 0 Å². The van der Waals surface area contributed by atoms with E-state index in [0.29, 0.717) is 13.0 Å². The second-order valence-corrected chi connectivity index (χ2v) is 2.43. The first-order valence-corrected chi connectivity index (χ1v) is 3.16. The van der Waals surface area contributed by atoms with Gasteiger partial charge >= 0.3 is 11.9 Å². The van der Waals surface area contributed by atoms with E-state index in [0.717, 1.165) is 0 Å². The predicted octanol–water partition coefficient (Wildman–Crippen LogP) is -0.525. The first kappa shape index (κ1) is 5.85. The number of carbonyl (C=O) groups excluding carboxylic acids is 2. The Morgan fingerprint density at radius 2 is 2.10 bits per heavy atom. The maximum atomic E-state index is 10.7. The van der Waals surface area contributed by atoms with Crippen molar-refractivity contribution in [2.24, 2.45) is 5.92 Å². The minimum absolute atomic E-state index is 0.313. The first-order chi connectivity index (χ1) is 4.79. The predicted molar refractivity (Wildman–Crippen MR) is 28.9 cm³/mol. The Morgan fingerprint density at radius 1 is 1.30 bits per heavy atom. The second-order valence-electron chi connectivity index (χ2n) is 2.43. The topological polar surface area (TPSA) is 52.6 Å². The SMILES string of the molecule is O=C1OC(=O)[C@@H]2OCC[C@H]12. The van der Waals surface area contributed by atoms with Gasteiger partial charge in [-0.1, -0.05) is 0 Å². The largest absolute Gasteiger partial charge is 0.391 e. The van der Waals surface area contributed by atoms with Crippen LogP contribution in [0.3, 0.4) is 0 Å². The third kappa shape index (κ3) is 0.593. The summed E-state index contributed by atoms with van der Waals surface area (Å²) in [4.78, 5) is 21.4. The number of cyclic esters (lactones) is 2. The van der Waals surface area contributed by atoms with Crippen LogP contribution in [-0.2, 0) is 19.1 Å². The molecule has 10 heavy (non-hydrogen) atoms. The molecule has 2 saturated heterocycles. The van der Waals surface area contributed by atoms with Gasteiger partial charge in [-0.05, 0) is 6.42 Å². The first-order valence-electron chi connectivity index (χ1n) is 3.16. The van der Waals surface area contributed by atoms with Crippen LogP contribution < -0.4 is 0 Å². The van der Waals surface area contributed by atoms with Crippen LogP contribution in [0.15, 0.2) is 0 Å². The molecular formula is C6H6O4. The molecule has 2 heterocycles. The minimum Gasteiger partial charge on any atom is -0.391 e. The lowest BCUT2D eigenvalue weighted by atomic mass is 10.1. The molecule has 0 aromatic heterocycles. The van der Waals surface area contributed by atoms with Crippen molar-refractivity contribution in [2.45, 2.75) is 12.5 Å². The lowest BCUT2D eigenvalue weighted by Gasteiger charge is -1.96. The molecule has 2 atom stereocenters. The number of hydrogen-bond donors (Lipinski definition) is 0. The number of fused-ring (bicyclic) bond motifs is 1. The van der Waals surface area contributed by atoms with Gasteiger partial charge in [-0.3, -0.25) is 4.79 Å². The molecule has 0 bridgehead atoms. The highest BCUT2D eigenvalue weighted by Gasteiger charge is 2.48. The highest BCUT2D eigenvalue weighted by atomic mass is 16.6. The molecule has 0 unspecified atom stereocenters. The van der Waals surface area contributed by atoms with Crippen molar-refractivity contribution >= 4 is 11.9 Å². The van der Waals surface area contributed by atoms with Crippen molar-refractivity contribution in [3.63, 3.8) is 0 Å². The van der Waals surface area contributed by atoms with Gasteiger partial charge in [0.25, 0.3) is 0 Å². The molecule has 0 amide bonds. The van der Waals surface area contributed by atoms with Crippen LogP contribution in [0.2, 0.25) is 0 Å². The zero-order chi connectivity index (χ0) is 7.14. The molecule has 2 aliphatic rings. The zero-order valence-corrected chi connectivity index (χ0v) is 5.20. The number of hydrogen-bond acceptors (Lipinski definition) is 4. The molecule has 0 saturated carbocycles. The molecule has 54 valence electrons. The standard InChI is InChI=1S/C6H6O4/c7-5-3-1-2-9-4(3)6(8)10-5/h3-4H,1-2H2/t3-,4+/m0/s1. The number of ether oxygens (including phenoxy) is 2. The highest BCUT2D eigenvalue weighted by Crippen LogP contribution is 2.28. The average molecular weight is 142 g/mol. The Hall–Kier alpha value is -0.900. The van der Waals surface area contributed by atoms with Crippen LogP contribution in [0.25, 0.3) is 0 Å². The lowest BCUT2D eigenvalue weighted by Crippen LogP contribution is -2.18. The van der Waals surface area contributed by atoms with Crippen LogP contribution in [0, 0.1) is 5.92 Å². The fraction of sp³-hybridized carbons (Fsp3) is 0.667. The van der Waals surface area contributed by atoms with Crippen molar-refractivity contribution in [3.05, 3.63) is 0 Å². The van der Waals surface area contributed by atoms with Gasteiger partial charge in [0.1, 0.15) is 0 Å². The maximum absolute atomic E-state index is 10.7. The van der Waals surface area contributed by atoms with E-state index in [1.165, 1.54) is 0 Å². The van der Waals surface area contributed by atoms with E-state index in [2.05, 4.69) is 4.74 Å². The molecular weight excluding hydrogens is 136 g/mol. The summed E-state index contributed by atoms with van der Waals surface area (Å²) in [6.45, 7) is 0.496. The minimum atomic E-state index is -0.590. The van der Waals surface area contributed by atoms with Gasteiger partial charge in [0.2, 0.25) is 0 Å². The van der Waals surface area contributed by atoms with E-state index in [9.17, 15) is 9.59 Å². The molecule has 2 aliphatic heterocycles. The molecule has 0 aromatic carbocycles. The van der Waals surface area contributed by atoms with Crippen molar-refractivity contribution in [1.29, 1.82) is 0 Å². The van der Waals surface area contributed by atoms with Gasteiger partial charge in [0.15, 0.2) is 6.10 Å². The molecule has 0 spiro atoms. The Morgan fingerprint density at radius 3 is 2.80 bits per heavy atom. The summed E-state index contributed by atoms with van der Waals surface area (Å²) in [5, 5.41) is 0. The molecule has 2 rings (SSSR count). The molecule has 4 nitrogen and oxygen atoms in total. The van der Waals surface area contributed by atoms with Crippen molar-refractivity contribution in [3.8, 4) is 0 Å². The summed E-state index contributed by atoms with van der Waals surface area (Å²) in [5.41, 5.74) is 0. The van der Waals surface area contributed by atoms with Gasteiger partial charge < -0.3 is 9.47 Å². The Labute approximate surface area is 57.1 Å². The van der Waals surface area contributed by atoms with Crippen LogP contribution in [0.4, 0.5) is 0 Å². The molecule has 0 radical (unpaired) electrons. The summed E-state index contributed by atoms with van der Waals surface area (Å²) < 4.78 is 9.29. The Kier molecular flexibility index (Phi) is 1.05. The van der Waals surface area contributed by atoms with E-state index < -0.39 is 18.0 Å². The smallest absolute Gasteiger partial charge is 0.343 e. The summed E-state index contributed by atoms with van der Waals surface area (Å²) in [6.07, 6.45) is 0.0300. The van der Waals surface area contributed by atoms with E-state index in [4.69, 9.17) is 4.74 Å². The third-order valence-corrected chi connectivity index (χ3v) is 1.83. The summed E-state index contributed by atoms with van der Waals surface area (Å²) in [6, 6.07) is 0. The highest BCUT2D eigenvalue weighted by molar-refractivity contribution is 5.98. The monoisotopic (exact) mass is 142 g/mol. The van der Waals surface area contributed by atoms with Crippen LogP contribution in [0.5, 0.6) is 0 Å². The Bertz CT molecular complexity index is 178. The normalized spacial score (nSPS) is 38.0. The quantitative estimate of drug-likeness (QED) is 0.337. The number of rotatable bonds is 0. The van der Waals surface area contributed by atoms with Gasteiger partial charge in [-0.15, -0.1) is 0 Å². The van der Waals surface area contributed by atoms with Crippen LogP contribution in [0.1, 0.15) is 6.42 Å². The van der Waals surface area contributed by atoms with Gasteiger partial charge in [0.05, 0.1) is 5.92 Å². The van der Waals surface area contributed by atoms with Gasteiger partial charge in [-0.2, -0.15) is 0 Å². The number of esters is 2. The van der Waals surface area contributed by atoms with E-state index in [-0.39, 0.29) is 5.92 Å². The van der Waals surface area contributed by atoms with Gasteiger partial charge in [-0.25, -0.2) is 4.79 Å². The Balaban J connectivity index is 2.27. The number of carbonyl (C=O) groups is 2. The molecule has 0 N–H and O–H groups in total.